The Labute approximate surface area is 68.5 Å². The fraction of sp³-hybridized carbons (Fsp3) is 1.00. The Morgan fingerprint density at radius 2 is 1.80 bits per heavy atom. The van der Waals surface area contributed by atoms with Gasteiger partial charge in [0.25, 0.3) is 0 Å². The van der Waals surface area contributed by atoms with Gasteiger partial charge in [0.1, 0.15) is 6.61 Å². The molecule has 2 nitrogen and oxygen atoms in total. The van der Waals surface area contributed by atoms with Crippen molar-refractivity contribution in [1.82, 2.24) is 0 Å². The SMILES string of the molecule is [Li+].[O-]CCOCC(F)(F)F. The van der Waals surface area contributed by atoms with Gasteiger partial charge in [0.05, 0.1) is 0 Å². The number of alkyl halides is 3. The Bertz CT molecular complexity index is 75.4. The predicted molar refractivity (Wildman–Crippen MR) is 21.7 cm³/mol. The third-order valence-corrected chi connectivity index (χ3v) is 0.493. The van der Waals surface area contributed by atoms with Crippen LogP contribution in [0.1, 0.15) is 0 Å². The molecule has 0 rings (SSSR count). The van der Waals surface area contributed by atoms with Crippen LogP contribution in [0.3, 0.4) is 0 Å². The van der Waals surface area contributed by atoms with E-state index in [2.05, 4.69) is 4.74 Å². The normalized spacial score (nSPS) is 10.8. The van der Waals surface area contributed by atoms with Crippen LogP contribution in [0.25, 0.3) is 0 Å². The summed E-state index contributed by atoms with van der Waals surface area (Å²) in [5.74, 6) is 0. The zero-order valence-corrected chi connectivity index (χ0v) is 5.57. The van der Waals surface area contributed by atoms with Crippen molar-refractivity contribution in [3.8, 4) is 0 Å². The number of halogens is 3. The average molecular weight is 150 g/mol. The van der Waals surface area contributed by atoms with E-state index in [1.54, 1.807) is 0 Å². The van der Waals surface area contributed by atoms with Gasteiger partial charge in [-0.2, -0.15) is 13.2 Å². The van der Waals surface area contributed by atoms with E-state index in [1.165, 1.54) is 0 Å². The maximum Gasteiger partial charge on any atom is 1.00 e. The first kappa shape index (κ1) is 12.9. The first-order chi connectivity index (χ1) is 4.06. The second kappa shape index (κ2) is 6.05. The molecule has 0 unspecified atom stereocenters. The summed E-state index contributed by atoms with van der Waals surface area (Å²) in [5, 5.41) is 9.52. The topological polar surface area (TPSA) is 32.3 Å². The molecule has 10 heavy (non-hydrogen) atoms. The van der Waals surface area contributed by atoms with Crippen molar-refractivity contribution >= 4 is 0 Å². The minimum atomic E-state index is -4.31. The fourth-order valence-corrected chi connectivity index (χ4v) is 0.247. The van der Waals surface area contributed by atoms with Crippen LogP contribution >= 0.6 is 0 Å². The summed E-state index contributed by atoms with van der Waals surface area (Å²) in [7, 11) is 0. The summed E-state index contributed by atoms with van der Waals surface area (Å²) in [6, 6.07) is 0. The molecule has 0 atom stereocenters. The van der Waals surface area contributed by atoms with E-state index in [0.29, 0.717) is 0 Å². The number of rotatable bonds is 3. The maximum atomic E-state index is 11.2. The third kappa shape index (κ3) is 11.2. The molecule has 0 N–H and O–H groups in total. The Hall–Kier alpha value is 0.307. The number of ether oxygens (including phenoxy) is 1. The van der Waals surface area contributed by atoms with Crippen molar-refractivity contribution in [3.63, 3.8) is 0 Å². The van der Waals surface area contributed by atoms with Crippen LogP contribution in [0.15, 0.2) is 0 Å². The molecule has 0 heterocycles. The van der Waals surface area contributed by atoms with Crippen LogP contribution in [0.2, 0.25) is 0 Å². The van der Waals surface area contributed by atoms with Gasteiger partial charge in [-0.25, -0.2) is 0 Å². The zero-order valence-electron chi connectivity index (χ0n) is 5.57. The standard InChI is InChI=1S/C4H6F3O2.Li/c5-4(6,7)3-9-2-1-8;/h1-3H2;/q-1;+1. The molecule has 0 aliphatic heterocycles. The molecule has 0 saturated carbocycles. The number of hydrogen-bond acceptors (Lipinski definition) is 2. The van der Waals surface area contributed by atoms with Crippen LogP contribution in [-0.4, -0.2) is 26.0 Å². The molecule has 6 heteroatoms. The second-order valence-electron chi connectivity index (χ2n) is 1.37. The summed E-state index contributed by atoms with van der Waals surface area (Å²) < 4.78 is 37.4. The van der Waals surface area contributed by atoms with Gasteiger partial charge < -0.3 is 9.84 Å². The Morgan fingerprint density at radius 1 is 1.30 bits per heavy atom. The molecule has 0 amide bonds. The largest absolute Gasteiger partial charge is 1.00 e. The summed E-state index contributed by atoms with van der Waals surface area (Å²) in [4.78, 5) is 0. The van der Waals surface area contributed by atoms with E-state index < -0.39 is 19.4 Å². The van der Waals surface area contributed by atoms with E-state index in [9.17, 15) is 18.3 Å². The van der Waals surface area contributed by atoms with Crippen LogP contribution < -0.4 is 24.0 Å². The minimum absolute atomic E-state index is 0. The van der Waals surface area contributed by atoms with Gasteiger partial charge in [0, 0.05) is 6.61 Å². The van der Waals surface area contributed by atoms with Gasteiger partial charge in [0.15, 0.2) is 0 Å². The van der Waals surface area contributed by atoms with Crippen LogP contribution in [0, 0.1) is 0 Å². The quantitative estimate of drug-likeness (QED) is 0.316. The molecule has 0 saturated heterocycles. The molecule has 0 aromatic carbocycles. The van der Waals surface area contributed by atoms with Crippen molar-refractivity contribution in [2.75, 3.05) is 19.8 Å². The molecule has 0 aliphatic rings. The Morgan fingerprint density at radius 3 is 2.10 bits per heavy atom. The van der Waals surface area contributed by atoms with Gasteiger partial charge in [-0.05, 0) is 0 Å². The molecule has 0 bridgehead atoms. The molecule has 0 fully saturated rings. The maximum absolute atomic E-state index is 11.2. The molecule has 0 radical (unpaired) electrons. The molecule has 0 spiro atoms. The van der Waals surface area contributed by atoms with Crippen LogP contribution in [0.5, 0.6) is 0 Å². The Kier molecular flexibility index (Phi) is 7.82. The van der Waals surface area contributed by atoms with Gasteiger partial charge >= 0.3 is 25.0 Å². The Balaban J connectivity index is 0. The van der Waals surface area contributed by atoms with Crippen LogP contribution in [0.4, 0.5) is 13.2 Å². The molecule has 56 valence electrons. The molecule has 0 aliphatic carbocycles. The van der Waals surface area contributed by atoms with Gasteiger partial charge in [-0.1, -0.05) is 0 Å². The first-order valence-electron chi connectivity index (χ1n) is 2.29. The van der Waals surface area contributed by atoms with E-state index in [-0.39, 0.29) is 25.5 Å². The summed E-state index contributed by atoms with van der Waals surface area (Å²) >= 11 is 0. The first-order valence-corrected chi connectivity index (χ1v) is 2.29. The monoisotopic (exact) mass is 150 g/mol. The van der Waals surface area contributed by atoms with Crippen molar-refractivity contribution in [3.05, 3.63) is 0 Å². The van der Waals surface area contributed by atoms with E-state index in [0.717, 1.165) is 0 Å². The van der Waals surface area contributed by atoms with E-state index in [4.69, 9.17) is 0 Å². The summed E-state index contributed by atoms with van der Waals surface area (Å²) in [5.41, 5.74) is 0. The van der Waals surface area contributed by atoms with Crippen LogP contribution in [-0.2, 0) is 4.74 Å². The van der Waals surface area contributed by atoms with E-state index in [1.807, 2.05) is 0 Å². The molecular formula is C4H6F3LiO2. The predicted octanol–water partition coefficient (Wildman–Crippen LogP) is -3.07. The van der Waals surface area contributed by atoms with Crippen molar-refractivity contribution in [2.24, 2.45) is 0 Å². The van der Waals surface area contributed by atoms with Crippen molar-refractivity contribution in [2.45, 2.75) is 6.18 Å². The average Bonchev–Trinajstić information content (AvgIpc) is 1.63. The molecular weight excluding hydrogens is 144 g/mol. The molecule has 0 aromatic heterocycles. The fourth-order valence-electron chi connectivity index (χ4n) is 0.247. The smallest absolute Gasteiger partial charge is 0.853 e. The van der Waals surface area contributed by atoms with Gasteiger partial charge in [-0.3, -0.25) is 0 Å². The van der Waals surface area contributed by atoms with E-state index >= 15 is 0 Å². The zero-order chi connectivity index (χ0) is 7.33. The second-order valence-corrected chi connectivity index (χ2v) is 1.37. The molecule has 0 aromatic rings. The summed E-state index contributed by atoms with van der Waals surface area (Å²) in [6.07, 6.45) is -4.31. The number of hydrogen-bond donors (Lipinski definition) is 0. The van der Waals surface area contributed by atoms with Crippen molar-refractivity contribution < 1.29 is 41.9 Å². The van der Waals surface area contributed by atoms with Gasteiger partial charge in [0.2, 0.25) is 0 Å². The minimum Gasteiger partial charge on any atom is -0.853 e. The summed E-state index contributed by atoms with van der Waals surface area (Å²) in [6.45, 7) is -2.33. The van der Waals surface area contributed by atoms with Gasteiger partial charge in [-0.15, -0.1) is 6.61 Å². The van der Waals surface area contributed by atoms with Crippen molar-refractivity contribution in [1.29, 1.82) is 0 Å². The third-order valence-electron chi connectivity index (χ3n) is 0.493.